The van der Waals surface area contributed by atoms with Gasteiger partial charge in [0.05, 0.1) is 24.9 Å². The average Bonchev–Trinajstić information content (AvgIpc) is 3.26. The van der Waals surface area contributed by atoms with Crippen LogP contribution in [0.3, 0.4) is 0 Å². The second kappa shape index (κ2) is 13.5. The maximum Gasteiger partial charge on any atom is 0.191 e. The molecule has 0 spiro atoms. The van der Waals surface area contributed by atoms with Gasteiger partial charge in [0.25, 0.3) is 0 Å². The lowest BCUT2D eigenvalue weighted by Crippen LogP contribution is -2.38. The first-order valence-corrected chi connectivity index (χ1v) is 10.1. The number of ether oxygens (including phenoxy) is 2. The van der Waals surface area contributed by atoms with E-state index in [0.29, 0.717) is 6.54 Å². The van der Waals surface area contributed by atoms with Crippen molar-refractivity contribution in [3.8, 4) is 11.3 Å². The van der Waals surface area contributed by atoms with Gasteiger partial charge in [-0.2, -0.15) is 0 Å². The number of benzene rings is 1. The summed E-state index contributed by atoms with van der Waals surface area (Å²) in [6.07, 6.45) is 4.04. The minimum atomic E-state index is 0. The van der Waals surface area contributed by atoms with E-state index in [1.807, 2.05) is 24.4 Å². The molecule has 1 aliphatic heterocycles. The topological polar surface area (TPSA) is 67.8 Å². The summed E-state index contributed by atoms with van der Waals surface area (Å²) in [7, 11) is 0. The Bertz CT molecular complexity index is 737. The number of aromatic nitrogens is 1. The Hall–Kier alpha value is -1.71. The zero-order valence-corrected chi connectivity index (χ0v) is 19.3. The highest BCUT2D eigenvalue weighted by Gasteiger charge is 2.15. The van der Waals surface area contributed by atoms with E-state index in [4.69, 9.17) is 14.5 Å². The lowest BCUT2D eigenvalue weighted by atomic mass is 10.1. The van der Waals surface area contributed by atoms with Crippen molar-refractivity contribution < 1.29 is 9.47 Å². The van der Waals surface area contributed by atoms with Crippen LogP contribution in [0.4, 0.5) is 0 Å². The number of rotatable bonds is 9. The van der Waals surface area contributed by atoms with E-state index >= 15 is 0 Å². The largest absolute Gasteiger partial charge is 0.379 e. The maximum atomic E-state index is 5.80. The van der Waals surface area contributed by atoms with Gasteiger partial charge in [-0.05, 0) is 43.5 Å². The van der Waals surface area contributed by atoms with E-state index in [0.717, 1.165) is 68.5 Å². The molecule has 2 aromatic rings. The van der Waals surface area contributed by atoms with Crippen LogP contribution in [0.15, 0.2) is 53.7 Å². The molecule has 29 heavy (non-hydrogen) atoms. The van der Waals surface area contributed by atoms with E-state index < -0.39 is 0 Å². The Morgan fingerprint density at radius 1 is 1.24 bits per heavy atom. The van der Waals surface area contributed by atoms with Gasteiger partial charge >= 0.3 is 0 Å². The molecule has 3 rings (SSSR count). The summed E-state index contributed by atoms with van der Waals surface area (Å²) in [5, 5.41) is 6.67. The summed E-state index contributed by atoms with van der Waals surface area (Å²) in [4.78, 5) is 9.13. The molecule has 0 bridgehead atoms. The Labute approximate surface area is 190 Å². The van der Waals surface area contributed by atoms with Crippen molar-refractivity contribution in [2.75, 3.05) is 32.9 Å². The predicted octanol–water partition coefficient (Wildman–Crippen LogP) is 3.62. The molecule has 1 aromatic heterocycles. The zero-order chi connectivity index (χ0) is 19.4. The van der Waals surface area contributed by atoms with Crippen LogP contribution in [0.25, 0.3) is 11.3 Å². The van der Waals surface area contributed by atoms with Crippen LogP contribution >= 0.6 is 24.0 Å². The fourth-order valence-electron chi connectivity index (χ4n) is 3.05. The van der Waals surface area contributed by atoms with Crippen LogP contribution in [0, 0.1) is 0 Å². The monoisotopic (exact) mass is 510 g/mol. The van der Waals surface area contributed by atoms with Crippen LogP contribution in [0.1, 0.15) is 25.3 Å². The fraction of sp³-hybridized carbons (Fsp3) is 0.455. The van der Waals surface area contributed by atoms with Gasteiger partial charge in [-0.15, -0.1) is 24.0 Å². The highest BCUT2D eigenvalue weighted by molar-refractivity contribution is 14.0. The summed E-state index contributed by atoms with van der Waals surface area (Å²) in [6, 6.07) is 14.3. The molecule has 2 heterocycles. The molecule has 1 aromatic carbocycles. The second-order valence-corrected chi connectivity index (χ2v) is 6.75. The van der Waals surface area contributed by atoms with Crippen molar-refractivity contribution in [1.82, 2.24) is 15.6 Å². The third kappa shape index (κ3) is 8.28. The van der Waals surface area contributed by atoms with Gasteiger partial charge < -0.3 is 20.1 Å². The molecule has 1 fully saturated rings. The fourth-order valence-corrected chi connectivity index (χ4v) is 3.05. The second-order valence-electron chi connectivity index (χ2n) is 6.75. The van der Waals surface area contributed by atoms with Gasteiger partial charge in [0.1, 0.15) is 0 Å². The van der Waals surface area contributed by atoms with Gasteiger partial charge in [0, 0.05) is 38.1 Å². The summed E-state index contributed by atoms with van der Waals surface area (Å²) in [6.45, 7) is 6.64. The Morgan fingerprint density at radius 3 is 2.93 bits per heavy atom. The van der Waals surface area contributed by atoms with Gasteiger partial charge in [-0.25, -0.2) is 4.99 Å². The third-order valence-electron chi connectivity index (χ3n) is 4.51. The smallest absolute Gasteiger partial charge is 0.191 e. The number of nitrogens with one attached hydrogen (secondary N) is 2. The van der Waals surface area contributed by atoms with Crippen molar-refractivity contribution in [2.24, 2.45) is 4.99 Å². The maximum absolute atomic E-state index is 5.80. The van der Waals surface area contributed by atoms with Gasteiger partial charge in [0.2, 0.25) is 0 Å². The van der Waals surface area contributed by atoms with E-state index in [1.165, 1.54) is 0 Å². The Morgan fingerprint density at radius 2 is 2.17 bits per heavy atom. The molecule has 158 valence electrons. The van der Waals surface area contributed by atoms with Crippen LogP contribution in [0.5, 0.6) is 0 Å². The molecule has 6 nitrogen and oxygen atoms in total. The predicted molar refractivity (Wildman–Crippen MR) is 128 cm³/mol. The van der Waals surface area contributed by atoms with Crippen molar-refractivity contribution >= 4 is 29.9 Å². The molecule has 0 radical (unpaired) electrons. The molecule has 0 saturated carbocycles. The number of halogens is 1. The molecule has 1 unspecified atom stereocenters. The lowest BCUT2D eigenvalue weighted by Gasteiger charge is -2.13. The van der Waals surface area contributed by atoms with Gasteiger partial charge in [0.15, 0.2) is 5.96 Å². The SMILES string of the molecule is CCNC(=NCc1cccc(-c2ccccn2)c1)NCCCOC1CCOC1.I. The first kappa shape index (κ1) is 23.6. The average molecular weight is 510 g/mol. The molecule has 7 heteroatoms. The highest BCUT2D eigenvalue weighted by atomic mass is 127. The van der Waals surface area contributed by atoms with Crippen LogP contribution in [-0.4, -0.2) is 50.0 Å². The molecule has 2 N–H and O–H groups in total. The normalized spacial score (nSPS) is 16.3. The zero-order valence-electron chi connectivity index (χ0n) is 17.0. The molecule has 1 aliphatic rings. The summed E-state index contributed by atoms with van der Waals surface area (Å²) in [5.41, 5.74) is 3.25. The van der Waals surface area contributed by atoms with E-state index in [-0.39, 0.29) is 30.1 Å². The summed E-state index contributed by atoms with van der Waals surface area (Å²) < 4.78 is 11.1. The number of pyridine rings is 1. The first-order chi connectivity index (χ1) is 13.8. The van der Waals surface area contributed by atoms with Crippen molar-refractivity contribution in [3.05, 3.63) is 54.2 Å². The van der Waals surface area contributed by atoms with Gasteiger partial charge in [-0.1, -0.05) is 24.3 Å². The standard InChI is InChI=1S/C22H30N4O2.HI/c1-2-23-22(25-12-6-13-28-20-10-14-27-17-20)26-16-18-7-5-8-19(15-18)21-9-3-4-11-24-21;/h3-5,7-9,11,15,20H,2,6,10,12-14,16-17H2,1H3,(H2,23,25,26);1H. The quantitative estimate of drug-likeness (QED) is 0.234. The summed E-state index contributed by atoms with van der Waals surface area (Å²) in [5.74, 6) is 0.829. The molecular formula is C22H31IN4O2. The number of hydrogen-bond acceptors (Lipinski definition) is 4. The molecule has 0 amide bonds. The van der Waals surface area contributed by atoms with Gasteiger partial charge in [-0.3, -0.25) is 4.98 Å². The number of guanidine groups is 1. The van der Waals surface area contributed by atoms with Crippen LogP contribution in [-0.2, 0) is 16.0 Å². The Kier molecular flexibility index (Phi) is 11.0. The lowest BCUT2D eigenvalue weighted by molar-refractivity contribution is 0.0420. The van der Waals surface area contributed by atoms with Crippen molar-refractivity contribution in [2.45, 2.75) is 32.4 Å². The highest BCUT2D eigenvalue weighted by Crippen LogP contribution is 2.18. The van der Waals surface area contributed by atoms with E-state index in [2.05, 4.69) is 46.8 Å². The van der Waals surface area contributed by atoms with E-state index in [9.17, 15) is 0 Å². The molecule has 1 atom stereocenters. The van der Waals surface area contributed by atoms with Crippen molar-refractivity contribution in [3.63, 3.8) is 0 Å². The first-order valence-electron chi connectivity index (χ1n) is 10.1. The molecular weight excluding hydrogens is 479 g/mol. The van der Waals surface area contributed by atoms with Crippen LogP contribution in [0.2, 0.25) is 0 Å². The third-order valence-corrected chi connectivity index (χ3v) is 4.51. The van der Waals surface area contributed by atoms with Crippen LogP contribution < -0.4 is 10.6 Å². The Balaban J connectivity index is 0.00000300. The minimum absolute atomic E-state index is 0. The summed E-state index contributed by atoms with van der Waals surface area (Å²) >= 11 is 0. The molecule has 1 saturated heterocycles. The van der Waals surface area contributed by atoms with Crippen molar-refractivity contribution in [1.29, 1.82) is 0 Å². The minimum Gasteiger partial charge on any atom is -0.379 e. The number of hydrogen-bond donors (Lipinski definition) is 2. The molecule has 0 aliphatic carbocycles. The number of aliphatic imine (C=N–C) groups is 1. The number of nitrogens with zero attached hydrogens (tertiary/aromatic N) is 2. The van der Waals surface area contributed by atoms with E-state index in [1.54, 1.807) is 0 Å².